The molecule has 1 N–H and O–H groups in total. The summed E-state index contributed by atoms with van der Waals surface area (Å²) >= 11 is 0. The predicted molar refractivity (Wildman–Crippen MR) is 93.6 cm³/mol. The van der Waals surface area contributed by atoms with E-state index in [2.05, 4.69) is 10.4 Å². The van der Waals surface area contributed by atoms with E-state index in [0.717, 1.165) is 6.20 Å². The van der Waals surface area contributed by atoms with Crippen molar-refractivity contribution in [1.82, 2.24) is 20.0 Å². The molecule has 0 fully saturated rings. The van der Waals surface area contributed by atoms with Crippen LogP contribution in [0.15, 0.2) is 30.5 Å². The molecule has 0 bridgehead atoms. The molecule has 1 heterocycles. The van der Waals surface area contributed by atoms with Crippen molar-refractivity contribution in [3.8, 4) is 5.69 Å². The van der Waals surface area contributed by atoms with Gasteiger partial charge in [-0.25, -0.2) is 4.68 Å². The van der Waals surface area contributed by atoms with Crippen molar-refractivity contribution in [2.24, 2.45) is 0 Å². The maximum Gasteiger partial charge on any atom is 0.434 e. The van der Waals surface area contributed by atoms with E-state index in [9.17, 15) is 22.8 Å². The van der Waals surface area contributed by atoms with Crippen LogP contribution in [0.4, 0.5) is 13.2 Å². The highest BCUT2D eigenvalue weighted by Gasteiger charge is 2.40. The highest BCUT2D eigenvalue weighted by molar-refractivity contribution is 5.97. The standard InChI is InChI=1S/C18H21F3N4O2/c1-4-24(5-2)15(26)11-22-17(27)13-10-23-25(16(13)18(19,20)21)14-9-7-6-8-12(14)3/h6-10H,4-5,11H2,1-3H3,(H,22,27). The number of aromatic nitrogens is 2. The molecule has 0 aliphatic rings. The van der Waals surface area contributed by atoms with Crippen LogP contribution in [0.1, 0.15) is 35.5 Å². The highest BCUT2D eigenvalue weighted by atomic mass is 19.4. The molecule has 0 atom stereocenters. The van der Waals surface area contributed by atoms with Gasteiger partial charge in [0, 0.05) is 13.1 Å². The van der Waals surface area contributed by atoms with E-state index >= 15 is 0 Å². The Bertz CT molecular complexity index is 826. The highest BCUT2D eigenvalue weighted by Crippen LogP contribution is 2.34. The number of halogens is 3. The summed E-state index contributed by atoms with van der Waals surface area (Å²) in [6.45, 7) is 5.72. The number of carbonyl (C=O) groups excluding carboxylic acids is 2. The number of nitrogens with one attached hydrogen (secondary N) is 1. The number of hydrogen-bond donors (Lipinski definition) is 1. The normalized spacial score (nSPS) is 11.3. The third-order valence-corrected chi connectivity index (χ3v) is 4.14. The minimum Gasteiger partial charge on any atom is -0.343 e. The Kier molecular flexibility index (Phi) is 6.24. The lowest BCUT2D eigenvalue weighted by atomic mass is 10.1. The minimum atomic E-state index is -4.80. The summed E-state index contributed by atoms with van der Waals surface area (Å²) in [5.74, 6) is -1.36. The number of para-hydroxylation sites is 1. The van der Waals surface area contributed by atoms with Gasteiger partial charge < -0.3 is 10.2 Å². The molecule has 0 spiro atoms. The van der Waals surface area contributed by atoms with Crippen LogP contribution in [0.3, 0.4) is 0 Å². The van der Waals surface area contributed by atoms with E-state index in [1.54, 1.807) is 39.0 Å². The molecular weight excluding hydrogens is 361 g/mol. The van der Waals surface area contributed by atoms with Gasteiger partial charge in [0.2, 0.25) is 5.91 Å². The van der Waals surface area contributed by atoms with Crippen molar-refractivity contribution in [3.05, 3.63) is 47.3 Å². The summed E-state index contributed by atoms with van der Waals surface area (Å²) in [5, 5.41) is 6.03. The van der Waals surface area contributed by atoms with Gasteiger partial charge in [0.25, 0.3) is 5.91 Å². The number of aryl methyl sites for hydroxylation is 1. The summed E-state index contributed by atoms with van der Waals surface area (Å²) in [7, 11) is 0. The first kappa shape index (κ1) is 20.5. The van der Waals surface area contributed by atoms with Crippen LogP contribution in [0.5, 0.6) is 0 Å². The van der Waals surface area contributed by atoms with Crippen molar-refractivity contribution >= 4 is 11.8 Å². The molecule has 0 aliphatic carbocycles. The van der Waals surface area contributed by atoms with Crippen LogP contribution in [-0.4, -0.2) is 46.1 Å². The quantitative estimate of drug-likeness (QED) is 0.836. The number of rotatable bonds is 6. The van der Waals surface area contributed by atoms with Crippen molar-refractivity contribution in [1.29, 1.82) is 0 Å². The third-order valence-electron chi connectivity index (χ3n) is 4.14. The van der Waals surface area contributed by atoms with Crippen LogP contribution < -0.4 is 5.32 Å². The van der Waals surface area contributed by atoms with Crippen molar-refractivity contribution in [2.45, 2.75) is 26.9 Å². The first-order valence-electron chi connectivity index (χ1n) is 8.47. The third kappa shape index (κ3) is 4.47. The van der Waals surface area contributed by atoms with Crippen LogP contribution in [0.2, 0.25) is 0 Å². The molecule has 1 aromatic carbocycles. The zero-order valence-corrected chi connectivity index (χ0v) is 15.3. The fraction of sp³-hybridized carbons (Fsp3) is 0.389. The zero-order valence-electron chi connectivity index (χ0n) is 15.3. The molecule has 0 aliphatic heterocycles. The molecule has 146 valence electrons. The largest absolute Gasteiger partial charge is 0.434 e. The molecule has 2 aromatic rings. The summed E-state index contributed by atoms with van der Waals surface area (Å²) < 4.78 is 41.6. The Morgan fingerprint density at radius 2 is 1.81 bits per heavy atom. The van der Waals surface area contributed by atoms with E-state index in [1.165, 1.54) is 11.0 Å². The monoisotopic (exact) mass is 382 g/mol. The van der Waals surface area contributed by atoms with Crippen LogP contribution in [-0.2, 0) is 11.0 Å². The molecular formula is C18H21F3N4O2. The number of amides is 2. The van der Waals surface area contributed by atoms with E-state index in [1.807, 2.05) is 0 Å². The molecule has 9 heteroatoms. The number of likely N-dealkylation sites (N-methyl/N-ethyl adjacent to an activating group) is 1. The Labute approximate surface area is 155 Å². The summed E-state index contributed by atoms with van der Waals surface area (Å²) in [6, 6.07) is 6.43. The lowest BCUT2D eigenvalue weighted by Gasteiger charge is -2.19. The molecule has 0 saturated heterocycles. The molecule has 6 nitrogen and oxygen atoms in total. The zero-order chi connectivity index (χ0) is 20.2. The van der Waals surface area contributed by atoms with Gasteiger partial charge in [0.05, 0.1) is 24.0 Å². The number of hydrogen-bond acceptors (Lipinski definition) is 3. The summed E-state index contributed by atoms with van der Waals surface area (Å²) in [6.07, 6.45) is -3.93. The Morgan fingerprint density at radius 1 is 1.19 bits per heavy atom. The summed E-state index contributed by atoms with van der Waals surface area (Å²) in [4.78, 5) is 25.7. The second kappa shape index (κ2) is 8.24. The topological polar surface area (TPSA) is 67.2 Å². The Balaban J connectivity index is 2.34. The molecule has 1 aromatic heterocycles. The first-order valence-corrected chi connectivity index (χ1v) is 8.47. The second-order valence-electron chi connectivity index (χ2n) is 5.85. The number of alkyl halides is 3. The SMILES string of the molecule is CCN(CC)C(=O)CNC(=O)c1cnn(-c2ccccc2C)c1C(F)(F)F. The van der Waals surface area contributed by atoms with Crippen LogP contribution in [0.25, 0.3) is 5.69 Å². The maximum atomic E-state index is 13.6. The van der Waals surface area contributed by atoms with E-state index in [4.69, 9.17) is 0 Å². The molecule has 0 radical (unpaired) electrons. The van der Waals surface area contributed by atoms with Gasteiger partial charge in [-0.2, -0.15) is 18.3 Å². The lowest BCUT2D eigenvalue weighted by Crippen LogP contribution is -2.40. The predicted octanol–water partition coefficient (Wildman–Crippen LogP) is 2.80. The van der Waals surface area contributed by atoms with Crippen LogP contribution >= 0.6 is 0 Å². The Hall–Kier alpha value is -2.84. The second-order valence-corrected chi connectivity index (χ2v) is 5.85. The molecule has 0 unspecified atom stereocenters. The van der Waals surface area contributed by atoms with Gasteiger partial charge in [-0.15, -0.1) is 0 Å². The van der Waals surface area contributed by atoms with Gasteiger partial charge >= 0.3 is 6.18 Å². The smallest absolute Gasteiger partial charge is 0.343 e. The van der Waals surface area contributed by atoms with E-state index < -0.39 is 23.3 Å². The van der Waals surface area contributed by atoms with Gasteiger partial charge in [-0.1, -0.05) is 18.2 Å². The van der Waals surface area contributed by atoms with Gasteiger partial charge in [0.1, 0.15) is 0 Å². The average Bonchev–Trinajstić information content (AvgIpc) is 3.06. The average molecular weight is 382 g/mol. The van der Waals surface area contributed by atoms with Crippen molar-refractivity contribution in [3.63, 3.8) is 0 Å². The van der Waals surface area contributed by atoms with Crippen molar-refractivity contribution in [2.75, 3.05) is 19.6 Å². The minimum absolute atomic E-state index is 0.225. The number of nitrogens with zero attached hydrogens (tertiary/aromatic N) is 3. The van der Waals surface area contributed by atoms with E-state index in [-0.39, 0.29) is 18.1 Å². The Morgan fingerprint density at radius 3 is 2.37 bits per heavy atom. The van der Waals surface area contributed by atoms with Crippen LogP contribution in [0, 0.1) is 6.92 Å². The maximum absolute atomic E-state index is 13.6. The molecule has 27 heavy (non-hydrogen) atoms. The molecule has 2 rings (SSSR count). The molecule has 2 amide bonds. The number of carbonyl (C=O) groups is 2. The fourth-order valence-electron chi connectivity index (χ4n) is 2.71. The van der Waals surface area contributed by atoms with Gasteiger partial charge in [0.15, 0.2) is 5.69 Å². The lowest BCUT2D eigenvalue weighted by molar-refractivity contribution is -0.143. The van der Waals surface area contributed by atoms with Gasteiger partial charge in [-0.05, 0) is 32.4 Å². The molecule has 0 saturated carbocycles. The summed E-state index contributed by atoms with van der Waals surface area (Å²) in [5.41, 5.74) is -0.999. The number of benzene rings is 1. The fourth-order valence-corrected chi connectivity index (χ4v) is 2.71. The van der Waals surface area contributed by atoms with Crippen molar-refractivity contribution < 1.29 is 22.8 Å². The van der Waals surface area contributed by atoms with Gasteiger partial charge in [-0.3, -0.25) is 9.59 Å². The van der Waals surface area contributed by atoms with E-state index in [0.29, 0.717) is 23.3 Å². The first-order chi connectivity index (χ1) is 12.7.